The number of imide groups is 1. The number of aromatic nitrogens is 1. The molecule has 0 radical (unpaired) electrons. The van der Waals surface area contributed by atoms with Crippen LogP contribution in [0.4, 0.5) is 22.7 Å². The second-order valence-corrected chi connectivity index (χ2v) is 16.2. The third-order valence-electron chi connectivity index (χ3n) is 12.2. The first-order valence-electron chi connectivity index (χ1n) is 21.2. The molecule has 1 unspecified atom stereocenters. The molecule has 4 aliphatic heterocycles. The van der Waals surface area contributed by atoms with Crippen molar-refractivity contribution in [1.29, 1.82) is 0 Å². The Morgan fingerprint density at radius 3 is 2.39 bits per heavy atom. The average molecular weight is 796 g/mol. The summed E-state index contributed by atoms with van der Waals surface area (Å²) in [5.74, 6) is 1.63. The van der Waals surface area contributed by atoms with E-state index in [9.17, 15) is 9.59 Å². The lowest BCUT2D eigenvalue weighted by molar-refractivity contribution is -0.133. The molecule has 4 N–H and O–H groups in total. The van der Waals surface area contributed by atoms with Crippen LogP contribution in [-0.2, 0) is 9.59 Å². The van der Waals surface area contributed by atoms with E-state index >= 15 is 0 Å². The van der Waals surface area contributed by atoms with Gasteiger partial charge in [-0.3, -0.25) is 19.8 Å². The molecule has 4 aromatic rings. The normalized spacial score (nSPS) is 19.8. The third kappa shape index (κ3) is 9.95. The monoisotopic (exact) mass is 795 g/mol. The standard InChI is InChI=1S/C47H57N9O3/c1-32-29-37(42-31-50-47-45(33(42)2)48-19-28-59-47)5-6-38(32)30-49-34(3)51-39-11-13-41(14-12-39)56-26-24-55(25-27-56)21-4-20-54-22-17-36(18-23-54)35-7-9-40(10-8-35)52-43-15-16-44(57)53-46(43)58/h5-14,29-31,36,43,48,52H,1,4,15-28H2,2-3H3,(H,49,51)(H,53,57,58)/b38-30-. The van der Waals surface area contributed by atoms with Crippen molar-refractivity contribution in [1.82, 2.24) is 20.1 Å². The minimum absolute atomic E-state index is 0.189. The lowest BCUT2D eigenvalue weighted by Gasteiger charge is -2.37. The van der Waals surface area contributed by atoms with E-state index in [1.165, 1.54) is 30.5 Å². The van der Waals surface area contributed by atoms with Crippen molar-refractivity contribution in [2.24, 2.45) is 4.99 Å². The van der Waals surface area contributed by atoms with Gasteiger partial charge < -0.3 is 30.5 Å². The maximum Gasteiger partial charge on any atom is 0.249 e. The van der Waals surface area contributed by atoms with Crippen LogP contribution in [0, 0.1) is 6.92 Å². The molecule has 4 aliphatic rings. The second kappa shape index (κ2) is 18.5. The lowest BCUT2D eigenvalue weighted by atomic mass is 9.89. The number of hydrogen-bond donors (Lipinski definition) is 4. The van der Waals surface area contributed by atoms with Crippen LogP contribution in [0.3, 0.4) is 0 Å². The van der Waals surface area contributed by atoms with E-state index < -0.39 is 0 Å². The number of amidine groups is 1. The summed E-state index contributed by atoms with van der Waals surface area (Å²) in [6.45, 7) is 18.6. The number of benzene rings is 3. The zero-order valence-corrected chi connectivity index (χ0v) is 34.4. The first-order valence-corrected chi connectivity index (χ1v) is 21.2. The van der Waals surface area contributed by atoms with Gasteiger partial charge in [-0.25, -0.2) is 9.98 Å². The van der Waals surface area contributed by atoms with Crippen molar-refractivity contribution in [2.45, 2.75) is 57.9 Å². The third-order valence-corrected chi connectivity index (χ3v) is 12.2. The van der Waals surface area contributed by atoms with Crippen LogP contribution < -0.4 is 41.3 Å². The first kappa shape index (κ1) is 40.1. The van der Waals surface area contributed by atoms with Crippen LogP contribution in [0.1, 0.15) is 56.1 Å². The van der Waals surface area contributed by atoms with Gasteiger partial charge in [-0.15, -0.1) is 0 Å². The summed E-state index contributed by atoms with van der Waals surface area (Å²) >= 11 is 0. The molecule has 0 saturated carbocycles. The number of carbonyl (C=O) groups excluding carboxylic acids is 2. The van der Waals surface area contributed by atoms with Gasteiger partial charge >= 0.3 is 0 Å². The zero-order chi connectivity index (χ0) is 40.7. The topological polar surface area (TPSA) is 126 Å². The number of likely N-dealkylation sites (tertiary alicyclic amines) is 1. The van der Waals surface area contributed by atoms with Crippen LogP contribution in [0.2, 0.25) is 0 Å². The summed E-state index contributed by atoms with van der Waals surface area (Å²) in [5.41, 5.74) is 8.80. The SMILES string of the molecule is C=c1cc(-c2cnc3c(c2C)NCCO3)cc/c1=C/N=C(C)Nc1ccc(N2CCN(CCCN3CCC(c4ccc(NC5CCC(=O)NC5=O)cc4)CC3)CC2)cc1. The van der Waals surface area contributed by atoms with Gasteiger partial charge in [0.15, 0.2) is 0 Å². The molecule has 0 bridgehead atoms. The molecule has 12 heteroatoms. The summed E-state index contributed by atoms with van der Waals surface area (Å²) in [4.78, 5) is 40.5. The molecule has 3 aromatic carbocycles. The van der Waals surface area contributed by atoms with E-state index in [1.54, 1.807) is 0 Å². The molecular weight excluding hydrogens is 739 g/mol. The Balaban J connectivity index is 0.737. The van der Waals surface area contributed by atoms with E-state index in [1.807, 2.05) is 19.3 Å². The van der Waals surface area contributed by atoms with Crippen LogP contribution in [0.5, 0.6) is 5.88 Å². The zero-order valence-electron chi connectivity index (χ0n) is 34.4. The van der Waals surface area contributed by atoms with E-state index in [4.69, 9.17) is 9.73 Å². The number of nitrogens with one attached hydrogen (secondary N) is 4. The molecule has 0 aliphatic carbocycles. The molecule has 1 aromatic heterocycles. The first-order chi connectivity index (χ1) is 28.8. The average Bonchev–Trinajstić information content (AvgIpc) is 3.25. The number of anilines is 4. The molecule has 12 nitrogen and oxygen atoms in total. The minimum Gasteiger partial charge on any atom is -0.474 e. The van der Waals surface area contributed by atoms with Crippen molar-refractivity contribution in [3.05, 3.63) is 94.5 Å². The van der Waals surface area contributed by atoms with E-state index in [0.29, 0.717) is 31.2 Å². The Kier molecular flexibility index (Phi) is 12.5. The summed E-state index contributed by atoms with van der Waals surface area (Å²) in [7, 11) is 0. The maximum atomic E-state index is 12.1. The summed E-state index contributed by atoms with van der Waals surface area (Å²) < 4.78 is 5.70. The minimum atomic E-state index is -0.350. The Bertz CT molecular complexity index is 2260. The molecule has 8 rings (SSSR count). The summed E-state index contributed by atoms with van der Waals surface area (Å²) in [5, 5.41) is 14.4. The van der Waals surface area contributed by atoms with Gasteiger partial charge in [-0.1, -0.05) is 30.8 Å². The number of fused-ring (bicyclic) bond motifs is 1. The van der Waals surface area contributed by atoms with Crippen molar-refractivity contribution >= 4 is 53.2 Å². The maximum absolute atomic E-state index is 12.1. The lowest BCUT2D eigenvalue weighted by Crippen LogP contribution is -2.47. The van der Waals surface area contributed by atoms with Crippen LogP contribution in [-0.4, -0.2) is 104 Å². The molecule has 5 heterocycles. The van der Waals surface area contributed by atoms with E-state index in [-0.39, 0.29) is 17.9 Å². The van der Waals surface area contributed by atoms with Crippen LogP contribution in [0.25, 0.3) is 23.9 Å². The largest absolute Gasteiger partial charge is 0.474 e. The molecular formula is C47H57N9O3. The Labute approximate surface area is 347 Å². The molecule has 308 valence electrons. The highest BCUT2D eigenvalue weighted by atomic mass is 16.5. The molecule has 3 saturated heterocycles. The molecule has 3 fully saturated rings. The van der Waals surface area contributed by atoms with Gasteiger partial charge in [0.25, 0.3) is 0 Å². The van der Waals surface area contributed by atoms with Gasteiger partial charge in [-0.2, -0.15) is 0 Å². The number of nitrogens with zero attached hydrogens (tertiary/aromatic N) is 5. The van der Waals surface area contributed by atoms with Gasteiger partial charge in [0.1, 0.15) is 24.2 Å². The van der Waals surface area contributed by atoms with E-state index in [2.05, 4.69) is 121 Å². The number of carbonyl (C=O) groups is 2. The van der Waals surface area contributed by atoms with Crippen molar-refractivity contribution in [3.8, 4) is 17.0 Å². The smallest absolute Gasteiger partial charge is 0.249 e. The molecule has 2 amide bonds. The van der Waals surface area contributed by atoms with Crippen molar-refractivity contribution in [3.63, 3.8) is 0 Å². The van der Waals surface area contributed by atoms with Crippen molar-refractivity contribution in [2.75, 3.05) is 86.4 Å². The predicted octanol–water partition coefficient (Wildman–Crippen LogP) is 5.15. The fraction of sp³-hybridized carbons (Fsp3) is 0.404. The van der Waals surface area contributed by atoms with Gasteiger partial charge in [0, 0.05) is 74.2 Å². The quantitative estimate of drug-likeness (QED) is 0.0921. The second-order valence-electron chi connectivity index (χ2n) is 16.2. The number of ether oxygens (including phenoxy) is 1. The van der Waals surface area contributed by atoms with Crippen LogP contribution >= 0.6 is 0 Å². The van der Waals surface area contributed by atoms with Gasteiger partial charge in [0.05, 0.1) is 0 Å². The summed E-state index contributed by atoms with van der Waals surface area (Å²) in [6.07, 6.45) is 8.21. The van der Waals surface area contributed by atoms with Gasteiger partial charge in [-0.05, 0) is 141 Å². The number of piperidine rings is 2. The summed E-state index contributed by atoms with van der Waals surface area (Å²) in [6, 6.07) is 23.1. The van der Waals surface area contributed by atoms with Crippen LogP contribution in [0.15, 0.2) is 77.9 Å². The molecule has 1 atom stereocenters. The molecule has 59 heavy (non-hydrogen) atoms. The highest BCUT2D eigenvalue weighted by molar-refractivity contribution is 6.01. The van der Waals surface area contributed by atoms with Crippen molar-refractivity contribution < 1.29 is 14.3 Å². The van der Waals surface area contributed by atoms with Gasteiger partial charge in [0.2, 0.25) is 17.7 Å². The number of pyridine rings is 1. The highest BCUT2D eigenvalue weighted by Crippen LogP contribution is 2.35. The Morgan fingerprint density at radius 2 is 1.66 bits per heavy atom. The number of hydrogen-bond acceptors (Lipinski definition) is 10. The Morgan fingerprint density at radius 1 is 0.932 bits per heavy atom. The fourth-order valence-electron chi connectivity index (χ4n) is 8.70. The Hall–Kier alpha value is -5.72. The van der Waals surface area contributed by atoms with E-state index in [0.717, 1.165) is 109 Å². The number of amides is 2. The number of rotatable bonds is 11. The molecule has 0 spiro atoms. The number of piperazine rings is 1. The predicted molar refractivity (Wildman–Crippen MR) is 239 cm³/mol. The highest BCUT2D eigenvalue weighted by Gasteiger charge is 2.27. The fourth-order valence-corrected chi connectivity index (χ4v) is 8.70. The number of aliphatic imine (C=N–C) groups is 1.